The Morgan fingerprint density at radius 1 is 1.70 bits per heavy atom. The lowest BCUT2D eigenvalue weighted by molar-refractivity contribution is 1.19. The number of hydrogen-bond acceptors (Lipinski definition) is 1. The number of pyridine rings is 1. The molecule has 1 aromatic rings. The highest BCUT2D eigenvalue weighted by Gasteiger charge is 1.95. The van der Waals surface area contributed by atoms with Gasteiger partial charge in [0.15, 0.2) is 0 Å². The Bertz CT molecular complexity index is 283. The molecule has 0 bridgehead atoms. The van der Waals surface area contributed by atoms with E-state index in [1.807, 2.05) is 0 Å². The van der Waals surface area contributed by atoms with Crippen molar-refractivity contribution < 1.29 is 0 Å². The maximum atomic E-state index is 10.7. The van der Waals surface area contributed by atoms with E-state index in [9.17, 15) is 4.79 Å². The van der Waals surface area contributed by atoms with Gasteiger partial charge in [0.25, 0.3) is 5.56 Å². The summed E-state index contributed by atoms with van der Waals surface area (Å²) < 4.78 is 0. The van der Waals surface area contributed by atoms with Gasteiger partial charge in [-0.1, -0.05) is 27.5 Å². The van der Waals surface area contributed by atoms with Gasteiger partial charge in [-0.15, -0.1) is 0 Å². The first-order valence-electron chi connectivity index (χ1n) is 2.67. The number of aromatic amines is 1. The lowest BCUT2D eigenvalue weighted by Gasteiger charge is -1.92. The van der Waals surface area contributed by atoms with Gasteiger partial charge in [0, 0.05) is 11.5 Å². The summed E-state index contributed by atoms with van der Waals surface area (Å²) >= 11 is 8.76. The third kappa shape index (κ3) is 1.61. The summed E-state index contributed by atoms with van der Waals surface area (Å²) in [6.07, 6.45) is 1.63. The molecule has 0 aliphatic rings. The molecule has 0 aliphatic carbocycles. The summed E-state index contributed by atoms with van der Waals surface area (Å²) in [4.78, 5) is 13.2. The molecule has 1 aromatic heterocycles. The van der Waals surface area contributed by atoms with Crippen molar-refractivity contribution in [3.8, 4) is 0 Å². The second kappa shape index (κ2) is 3.21. The topological polar surface area (TPSA) is 32.9 Å². The summed E-state index contributed by atoms with van der Waals surface area (Å²) in [6, 6.07) is 1.63. The van der Waals surface area contributed by atoms with Crippen LogP contribution in [0.2, 0.25) is 5.02 Å². The summed E-state index contributed by atoms with van der Waals surface area (Å²) in [5.41, 5.74) is 0.718. The van der Waals surface area contributed by atoms with Crippen molar-refractivity contribution in [3.63, 3.8) is 0 Å². The molecule has 1 heterocycles. The number of rotatable bonds is 1. The van der Waals surface area contributed by atoms with Crippen LogP contribution in [0.4, 0.5) is 0 Å². The van der Waals surface area contributed by atoms with E-state index < -0.39 is 0 Å². The van der Waals surface area contributed by atoms with Crippen molar-refractivity contribution >= 4 is 27.5 Å². The molecule has 1 rings (SSSR count). The van der Waals surface area contributed by atoms with E-state index in [0.717, 1.165) is 5.56 Å². The van der Waals surface area contributed by atoms with E-state index >= 15 is 0 Å². The number of halogens is 2. The number of aromatic nitrogens is 1. The number of hydrogen-bond donors (Lipinski definition) is 1. The van der Waals surface area contributed by atoms with Gasteiger partial charge < -0.3 is 4.98 Å². The molecule has 0 atom stereocenters. The summed E-state index contributed by atoms with van der Waals surface area (Å²) in [5, 5.41) is 0.931. The van der Waals surface area contributed by atoms with Gasteiger partial charge in [0.1, 0.15) is 5.02 Å². The van der Waals surface area contributed by atoms with Crippen LogP contribution < -0.4 is 5.56 Å². The Hall–Kier alpha value is -0.280. The molecular weight excluding hydrogens is 217 g/mol. The number of H-pyrrole nitrogens is 1. The van der Waals surface area contributed by atoms with E-state index in [2.05, 4.69) is 20.9 Å². The molecule has 1 N–H and O–H groups in total. The van der Waals surface area contributed by atoms with E-state index in [0.29, 0.717) is 5.33 Å². The molecule has 4 heteroatoms. The third-order valence-electron chi connectivity index (χ3n) is 1.07. The largest absolute Gasteiger partial charge is 0.328 e. The van der Waals surface area contributed by atoms with E-state index in [4.69, 9.17) is 11.6 Å². The Morgan fingerprint density at radius 2 is 2.40 bits per heavy atom. The standard InChI is InChI=1S/C6H5BrClNO/c7-2-4-1-5(8)6(10)9-3-4/h1,3H,2H2,(H,9,10). The van der Waals surface area contributed by atoms with Crippen molar-refractivity contribution in [2.45, 2.75) is 5.33 Å². The summed E-state index contributed by atoms with van der Waals surface area (Å²) in [7, 11) is 0. The highest BCUT2D eigenvalue weighted by molar-refractivity contribution is 9.08. The van der Waals surface area contributed by atoms with Gasteiger partial charge in [0.05, 0.1) is 0 Å². The normalized spacial score (nSPS) is 9.80. The zero-order chi connectivity index (χ0) is 7.56. The number of nitrogens with one attached hydrogen (secondary N) is 1. The maximum Gasteiger partial charge on any atom is 0.266 e. The Morgan fingerprint density at radius 3 is 2.90 bits per heavy atom. The smallest absolute Gasteiger partial charge is 0.266 e. The molecule has 0 unspecified atom stereocenters. The Labute approximate surface area is 71.3 Å². The lowest BCUT2D eigenvalue weighted by Crippen LogP contribution is -2.05. The van der Waals surface area contributed by atoms with Gasteiger partial charge in [0.2, 0.25) is 0 Å². The van der Waals surface area contributed by atoms with E-state index in [1.54, 1.807) is 12.3 Å². The average molecular weight is 222 g/mol. The third-order valence-corrected chi connectivity index (χ3v) is 2.00. The summed E-state index contributed by atoms with van der Waals surface area (Å²) in [5.74, 6) is 0. The first-order valence-corrected chi connectivity index (χ1v) is 4.17. The van der Waals surface area contributed by atoms with Crippen molar-refractivity contribution in [1.29, 1.82) is 0 Å². The van der Waals surface area contributed by atoms with Gasteiger partial charge in [-0.05, 0) is 11.6 Å². The van der Waals surface area contributed by atoms with Gasteiger partial charge in [-0.3, -0.25) is 4.79 Å². The van der Waals surface area contributed by atoms with Crippen LogP contribution in [-0.2, 0) is 5.33 Å². The first-order chi connectivity index (χ1) is 4.74. The second-order valence-corrected chi connectivity index (χ2v) is 2.79. The van der Waals surface area contributed by atoms with Crippen molar-refractivity contribution in [3.05, 3.63) is 33.2 Å². The van der Waals surface area contributed by atoms with Gasteiger partial charge in [-0.2, -0.15) is 0 Å². The van der Waals surface area contributed by atoms with Crippen LogP contribution in [0, 0.1) is 0 Å². The minimum Gasteiger partial charge on any atom is -0.328 e. The van der Waals surface area contributed by atoms with Gasteiger partial charge >= 0.3 is 0 Å². The molecule has 0 amide bonds. The van der Waals surface area contributed by atoms with E-state index in [1.165, 1.54) is 0 Å². The Balaban J connectivity index is 3.17. The SMILES string of the molecule is O=c1[nH]cc(CBr)cc1Cl. The molecule has 0 fully saturated rings. The van der Waals surface area contributed by atoms with Crippen LogP contribution in [0.15, 0.2) is 17.1 Å². The van der Waals surface area contributed by atoms with E-state index in [-0.39, 0.29) is 10.6 Å². The second-order valence-electron chi connectivity index (χ2n) is 1.82. The molecule has 0 spiro atoms. The molecule has 0 saturated carbocycles. The monoisotopic (exact) mass is 221 g/mol. The molecule has 2 nitrogen and oxygen atoms in total. The Kier molecular flexibility index (Phi) is 2.51. The fourth-order valence-electron chi connectivity index (χ4n) is 0.574. The fraction of sp³-hybridized carbons (Fsp3) is 0.167. The van der Waals surface area contributed by atoms with Crippen molar-refractivity contribution in [2.75, 3.05) is 0 Å². The van der Waals surface area contributed by atoms with Gasteiger partial charge in [-0.25, -0.2) is 0 Å². The zero-order valence-corrected chi connectivity index (χ0v) is 7.37. The molecule has 10 heavy (non-hydrogen) atoms. The molecule has 0 aromatic carbocycles. The van der Waals surface area contributed by atoms with Crippen LogP contribution in [-0.4, -0.2) is 4.98 Å². The summed E-state index contributed by atoms with van der Waals surface area (Å²) in [6.45, 7) is 0. The van der Waals surface area contributed by atoms with Crippen molar-refractivity contribution in [1.82, 2.24) is 4.98 Å². The minimum atomic E-state index is -0.244. The zero-order valence-electron chi connectivity index (χ0n) is 5.03. The highest BCUT2D eigenvalue weighted by atomic mass is 79.9. The lowest BCUT2D eigenvalue weighted by atomic mass is 10.3. The molecular formula is C6H5BrClNO. The highest BCUT2D eigenvalue weighted by Crippen LogP contribution is 2.06. The van der Waals surface area contributed by atoms with Crippen LogP contribution in [0.1, 0.15) is 5.56 Å². The average Bonchev–Trinajstić information content (AvgIpc) is 1.95. The first kappa shape index (κ1) is 7.82. The van der Waals surface area contributed by atoms with Crippen LogP contribution >= 0.6 is 27.5 Å². The van der Waals surface area contributed by atoms with Crippen LogP contribution in [0.3, 0.4) is 0 Å². The quantitative estimate of drug-likeness (QED) is 0.724. The molecule has 0 saturated heterocycles. The van der Waals surface area contributed by atoms with Crippen molar-refractivity contribution in [2.24, 2.45) is 0 Å². The minimum absolute atomic E-state index is 0.233. The maximum absolute atomic E-state index is 10.7. The predicted molar refractivity (Wildman–Crippen MR) is 44.7 cm³/mol. The molecule has 54 valence electrons. The molecule has 0 aliphatic heterocycles. The fourth-order valence-corrected chi connectivity index (χ4v) is 1.09. The predicted octanol–water partition coefficient (Wildman–Crippen LogP) is 1.92. The van der Waals surface area contributed by atoms with Crippen LogP contribution in [0.5, 0.6) is 0 Å². The molecule has 0 radical (unpaired) electrons. The van der Waals surface area contributed by atoms with Crippen LogP contribution in [0.25, 0.3) is 0 Å². The number of alkyl halides is 1.